The van der Waals surface area contributed by atoms with Gasteiger partial charge >= 0.3 is 0 Å². The Kier molecular flexibility index (Phi) is 6.40. The van der Waals surface area contributed by atoms with Crippen molar-refractivity contribution in [1.29, 1.82) is 0 Å². The summed E-state index contributed by atoms with van der Waals surface area (Å²) in [5, 5.41) is 3.53. The predicted octanol–water partition coefficient (Wildman–Crippen LogP) is 3.59. The Balaban J connectivity index is 3.34. The molecule has 0 saturated heterocycles. The largest absolute Gasteiger partial charge is 0.312 e. The molecule has 0 aromatic heterocycles. The van der Waals surface area contributed by atoms with Crippen molar-refractivity contribution in [1.82, 2.24) is 5.32 Å². The third-order valence-corrected chi connectivity index (χ3v) is 2.60. The second kappa shape index (κ2) is 6.42. The van der Waals surface area contributed by atoms with E-state index in [0.29, 0.717) is 0 Å². The highest BCUT2D eigenvalue weighted by atomic mass is 14.9. The van der Waals surface area contributed by atoms with E-state index < -0.39 is 0 Å². The van der Waals surface area contributed by atoms with Crippen LogP contribution in [-0.4, -0.2) is 12.1 Å². The van der Waals surface area contributed by atoms with E-state index in [1.165, 1.54) is 32.2 Å². The number of hydrogen-bond donors (Lipinski definition) is 1. The van der Waals surface area contributed by atoms with Crippen LogP contribution in [0.2, 0.25) is 0 Å². The van der Waals surface area contributed by atoms with Crippen molar-refractivity contribution < 1.29 is 0 Å². The molecule has 0 fully saturated rings. The minimum atomic E-state index is 0.286. The SMILES string of the molecule is CCC(CC)CCCNC(C)(C)C. The molecule has 0 aromatic rings. The molecular formula is C12H27N. The van der Waals surface area contributed by atoms with Gasteiger partial charge < -0.3 is 5.32 Å². The Morgan fingerprint density at radius 2 is 1.62 bits per heavy atom. The van der Waals surface area contributed by atoms with E-state index in [1.807, 2.05) is 0 Å². The average molecular weight is 185 g/mol. The average Bonchev–Trinajstić information content (AvgIpc) is 2.03. The quantitative estimate of drug-likeness (QED) is 0.624. The van der Waals surface area contributed by atoms with Crippen molar-refractivity contribution in [3.05, 3.63) is 0 Å². The normalized spacial score (nSPS) is 12.5. The van der Waals surface area contributed by atoms with E-state index in [1.54, 1.807) is 0 Å². The number of rotatable bonds is 6. The Labute approximate surface area is 84.3 Å². The van der Waals surface area contributed by atoms with Gasteiger partial charge in [0.2, 0.25) is 0 Å². The summed E-state index contributed by atoms with van der Waals surface area (Å²) in [5.41, 5.74) is 0.286. The van der Waals surface area contributed by atoms with Gasteiger partial charge in [0.05, 0.1) is 0 Å². The summed E-state index contributed by atoms with van der Waals surface area (Å²) in [6, 6.07) is 0. The first-order valence-electron chi connectivity index (χ1n) is 5.74. The molecule has 0 spiro atoms. The second-order valence-electron chi connectivity index (χ2n) is 5.00. The molecule has 1 heteroatoms. The minimum absolute atomic E-state index is 0.286. The van der Waals surface area contributed by atoms with Gasteiger partial charge in [-0.15, -0.1) is 0 Å². The van der Waals surface area contributed by atoms with Gasteiger partial charge in [-0.25, -0.2) is 0 Å². The van der Waals surface area contributed by atoms with E-state index in [-0.39, 0.29) is 5.54 Å². The fraction of sp³-hybridized carbons (Fsp3) is 1.00. The third kappa shape index (κ3) is 8.29. The lowest BCUT2D eigenvalue weighted by Gasteiger charge is -2.21. The van der Waals surface area contributed by atoms with Gasteiger partial charge in [0, 0.05) is 5.54 Å². The van der Waals surface area contributed by atoms with Gasteiger partial charge in [-0.3, -0.25) is 0 Å². The maximum absolute atomic E-state index is 3.53. The molecule has 0 bridgehead atoms. The number of nitrogens with one attached hydrogen (secondary N) is 1. The zero-order valence-corrected chi connectivity index (χ0v) is 10.1. The first-order valence-corrected chi connectivity index (χ1v) is 5.74. The van der Waals surface area contributed by atoms with Gasteiger partial charge in [-0.2, -0.15) is 0 Å². The van der Waals surface area contributed by atoms with Crippen LogP contribution < -0.4 is 5.32 Å². The van der Waals surface area contributed by atoms with E-state index in [4.69, 9.17) is 0 Å². The van der Waals surface area contributed by atoms with Gasteiger partial charge in [0.25, 0.3) is 0 Å². The highest BCUT2D eigenvalue weighted by Crippen LogP contribution is 2.14. The van der Waals surface area contributed by atoms with Crippen LogP contribution in [0, 0.1) is 5.92 Å². The first kappa shape index (κ1) is 13.0. The molecule has 13 heavy (non-hydrogen) atoms. The molecule has 0 aromatic carbocycles. The summed E-state index contributed by atoms with van der Waals surface area (Å²) in [6.07, 6.45) is 5.39. The molecular weight excluding hydrogens is 158 g/mol. The monoisotopic (exact) mass is 185 g/mol. The number of hydrogen-bond acceptors (Lipinski definition) is 1. The van der Waals surface area contributed by atoms with E-state index >= 15 is 0 Å². The second-order valence-corrected chi connectivity index (χ2v) is 5.00. The molecule has 0 aliphatic heterocycles. The molecule has 0 saturated carbocycles. The molecule has 0 aliphatic carbocycles. The lowest BCUT2D eigenvalue weighted by atomic mass is 9.97. The molecule has 0 heterocycles. The smallest absolute Gasteiger partial charge is 0.00965 e. The van der Waals surface area contributed by atoms with Gasteiger partial charge in [0.15, 0.2) is 0 Å². The van der Waals surface area contributed by atoms with Crippen LogP contribution in [0.4, 0.5) is 0 Å². The molecule has 0 radical (unpaired) electrons. The molecule has 0 atom stereocenters. The van der Waals surface area contributed by atoms with Crippen LogP contribution >= 0.6 is 0 Å². The molecule has 0 unspecified atom stereocenters. The zero-order valence-electron chi connectivity index (χ0n) is 10.1. The van der Waals surface area contributed by atoms with Crippen LogP contribution in [0.5, 0.6) is 0 Å². The van der Waals surface area contributed by atoms with Crippen LogP contribution in [0.3, 0.4) is 0 Å². The van der Waals surface area contributed by atoms with Crippen LogP contribution in [-0.2, 0) is 0 Å². The van der Waals surface area contributed by atoms with Gasteiger partial charge in [-0.1, -0.05) is 26.7 Å². The fourth-order valence-electron chi connectivity index (χ4n) is 1.55. The van der Waals surface area contributed by atoms with Crippen molar-refractivity contribution in [2.45, 2.75) is 65.8 Å². The van der Waals surface area contributed by atoms with Crippen LogP contribution in [0.15, 0.2) is 0 Å². The predicted molar refractivity (Wildman–Crippen MR) is 61.1 cm³/mol. The maximum Gasteiger partial charge on any atom is 0.00965 e. The summed E-state index contributed by atoms with van der Waals surface area (Å²) in [7, 11) is 0. The third-order valence-electron chi connectivity index (χ3n) is 2.60. The Morgan fingerprint density at radius 1 is 1.08 bits per heavy atom. The van der Waals surface area contributed by atoms with Gasteiger partial charge in [0.1, 0.15) is 0 Å². The molecule has 1 nitrogen and oxygen atoms in total. The van der Waals surface area contributed by atoms with Crippen LogP contribution in [0.1, 0.15) is 60.3 Å². The lowest BCUT2D eigenvalue weighted by molar-refractivity contribution is 0.386. The van der Waals surface area contributed by atoms with Crippen LogP contribution in [0.25, 0.3) is 0 Å². The molecule has 80 valence electrons. The minimum Gasteiger partial charge on any atom is -0.312 e. The van der Waals surface area contributed by atoms with Crippen molar-refractivity contribution >= 4 is 0 Å². The summed E-state index contributed by atoms with van der Waals surface area (Å²) < 4.78 is 0. The summed E-state index contributed by atoms with van der Waals surface area (Å²) >= 11 is 0. The Bertz CT molecular complexity index is 109. The van der Waals surface area contributed by atoms with Crippen molar-refractivity contribution in [3.63, 3.8) is 0 Å². The van der Waals surface area contributed by atoms with E-state index in [9.17, 15) is 0 Å². The zero-order chi connectivity index (χ0) is 10.3. The Hall–Kier alpha value is -0.0400. The van der Waals surface area contributed by atoms with E-state index in [2.05, 4.69) is 39.9 Å². The fourth-order valence-corrected chi connectivity index (χ4v) is 1.55. The lowest BCUT2D eigenvalue weighted by Crippen LogP contribution is -2.36. The van der Waals surface area contributed by atoms with Gasteiger partial charge in [-0.05, 0) is 46.1 Å². The molecule has 0 amide bonds. The topological polar surface area (TPSA) is 12.0 Å². The first-order chi connectivity index (χ1) is 5.99. The van der Waals surface area contributed by atoms with E-state index in [0.717, 1.165) is 5.92 Å². The molecule has 0 rings (SSSR count). The molecule has 1 N–H and O–H groups in total. The Morgan fingerprint density at radius 3 is 2.00 bits per heavy atom. The maximum atomic E-state index is 3.53. The summed E-state index contributed by atoms with van der Waals surface area (Å²) in [6.45, 7) is 12.4. The van der Waals surface area contributed by atoms with Crippen molar-refractivity contribution in [3.8, 4) is 0 Å². The highest BCUT2D eigenvalue weighted by Gasteiger charge is 2.08. The molecule has 0 aliphatic rings. The standard InChI is InChI=1S/C12H27N/c1-6-11(7-2)9-8-10-13-12(3,4)5/h11,13H,6-10H2,1-5H3. The van der Waals surface area contributed by atoms with Crippen molar-refractivity contribution in [2.75, 3.05) is 6.54 Å². The van der Waals surface area contributed by atoms with Crippen molar-refractivity contribution in [2.24, 2.45) is 5.92 Å². The highest BCUT2D eigenvalue weighted by molar-refractivity contribution is 4.70. The summed E-state index contributed by atoms with van der Waals surface area (Å²) in [5.74, 6) is 0.946. The summed E-state index contributed by atoms with van der Waals surface area (Å²) in [4.78, 5) is 0.